The fraction of sp³-hybridized carbons (Fsp3) is 0.217. The van der Waals surface area contributed by atoms with Gasteiger partial charge in [0.1, 0.15) is 5.75 Å². The van der Waals surface area contributed by atoms with E-state index >= 15 is 0 Å². The minimum Gasteiger partial charge on any atom is -0.493 e. The van der Waals surface area contributed by atoms with Crippen LogP contribution in [0.5, 0.6) is 5.75 Å². The van der Waals surface area contributed by atoms with Crippen molar-refractivity contribution < 1.29 is 13.2 Å². The van der Waals surface area contributed by atoms with Gasteiger partial charge in [-0.2, -0.15) is 0 Å². The number of hydrogen-bond acceptors (Lipinski definition) is 3. The molecule has 146 valence electrons. The molecule has 0 atom stereocenters. The van der Waals surface area contributed by atoms with E-state index < -0.39 is 10.0 Å². The third-order valence-electron chi connectivity index (χ3n) is 4.47. The summed E-state index contributed by atoms with van der Waals surface area (Å²) in [6.45, 7) is 4.58. The maximum absolute atomic E-state index is 13.1. The zero-order valence-electron chi connectivity index (χ0n) is 16.2. The number of anilines is 1. The Kier molecular flexibility index (Phi) is 6.37. The predicted octanol–water partition coefficient (Wildman–Crippen LogP) is 4.83. The van der Waals surface area contributed by atoms with Crippen LogP contribution in [0.2, 0.25) is 0 Å². The molecular weight excluding hydrogens is 370 g/mol. The Labute approximate surface area is 167 Å². The van der Waals surface area contributed by atoms with Gasteiger partial charge >= 0.3 is 0 Å². The number of benzene rings is 3. The molecule has 0 saturated heterocycles. The second-order valence-corrected chi connectivity index (χ2v) is 8.43. The van der Waals surface area contributed by atoms with Gasteiger partial charge in [-0.25, -0.2) is 8.42 Å². The molecule has 0 heterocycles. The second kappa shape index (κ2) is 8.93. The van der Waals surface area contributed by atoms with Crippen LogP contribution in [0, 0.1) is 6.92 Å². The molecule has 0 aliphatic carbocycles. The first-order chi connectivity index (χ1) is 13.5. The van der Waals surface area contributed by atoms with Crippen molar-refractivity contribution in [2.45, 2.75) is 25.2 Å². The predicted molar refractivity (Wildman–Crippen MR) is 113 cm³/mol. The van der Waals surface area contributed by atoms with Crippen LogP contribution in [-0.2, 0) is 16.4 Å². The average Bonchev–Trinajstić information content (AvgIpc) is 2.69. The summed E-state index contributed by atoms with van der Waals surface area (Å²) in [7, 11) is -3.63. The first kappa shape index (κ1) is 20.0. The highest BCUT2D eigenvalue weighted by Crippen LogP contribution is 2.27. The normalized spacial score (nSPS) is 11.2. The van der Waals surface area contributed by atoms with Crippen LogP contribution in [0.1, 0.15) is 18.1 Å². The van der Waals surface area contributed by atoms with Crippen LogP contribution in [0.3, 0.4) is 0 Å². The van der Waals surface area contributed by atoms with Crippen molar-refractivity contribution in [2.24, 2.45) is 0 Å². The molecular formula is C23H25NO3S. The first-order valence-electron chi connectivity index (χ1n) is 9.37. The summed E-state index contributed by atoms with van der Waals surface area (Å²) < 4.78 is 33.5. The zero-order valence-corrected chi connectivity index (χ0v) is 17.0. The monoisotopic (exact) mass is 395 g/mol. The molecule has 0 radical (unpaired) electrons. The minimum atomic E-state index is -3.63. The van der Waals surface area contributed by atoms with E-state index in [1.54, 1.807) is 30.3 Å². The maximum Gasteiger partial charge on any atom is 0.264 e. The van der Waals surface area contributed by atoms with E-state index in [0.29, 0.717) is 29.5 Å². The maximum atomic E-state index is 13.1. The molecule has 3 aromatic rings. The molecule has 0 saturated carbocycles. The average molecular weight is 396 g/mol. The van der Waals surface area contributed by atoms with Gasteiger partial charge in [0.25, 0.3) is 10.0 Å². The lowest BCUT2D eigenvalue weighted by Crippen LogP contribution is -2.30. The van der Waals surface area contributed by atoms with Gasteiger partial charge < -0.3 is 4.74 Å². The number of sulfonamides is 1. The topological polar surface area (TPSA) is 46.6 Å². The Morgan fingerprint density at radius 2 is 1.64 bits per heavy atom. The van der Waals surface area contributed by atoms with E-state index in [1.807, 2.05) is 50.2 Å². The Morgan fingerprint density at radius 3 is 2.36 bits per heavy atom. The summed E-state index contributed by atoms with van der Waals surface area (Å²) in [4.78, 5) is 0.296. The summed E-state index contributed by atoms with van der Waals surface area (Å²) >= 11 is 0. The summed E-state index contributed by atoms with van der Waals surface area (Å²) in [5, 5.41) is 0. The summed E-state index contributed by atoms with van der Waals surface area (Å²) in [5.41, 5.74) is 2.72. The highest BCUT2D eigenvalue weighted by Gasteiger charge is 2.23. The Balaban J connectivity index is 1.77. The molecule has 3 rings (SSSR count). The molecule has 0 N–H and O–H groups in total. The SMILES string of the molecule is CCN(c1cccc(OCCc2ccccc2)c1)S(=O)(=O)c1cccc(C)c1. The molecule has 0 amide bonds. The Hall–Kier alpha value is -2.79. The Bertz CT molecular complexity index is 1020. The zero-order chi connectivity index (χ0) is 20.0. The fourth-order valence-electron chi connectivity index (χ4n) is 3.05. The molecule has 0 aliphatic rings. The standard InChI is InChI=1S/C23H25NO3S/c1-3-24(28(25,26)23-14-7-9-19(2)17-23)21-12-8-13-22(18-21)27-16-15-20-10-5-4-6-11-20/h4-14,17-18H,3,15-16H2,1-2H3. The van der Waals surface area contributed by atoms with E-state index in [1.165, 1.54) is 9.87 Å². The number of aryl methyl sites for hydroxylation is 1. The summed E-state index contributed by atoms with van der Waals surface area (Å²) in [6, 6.07) is 24.3. The van der Waals surface area contributed by atoms with Crippen LogP contribution in [-0.4, -0.2) is 21.6 Å². The fourth-order valence-corrected chi connectivity index (χ4v) is 4.63. The van der Waals surface area contributed by atoms with Crippen LogP contribution in [0.25, 0.3) is 0 Å². The number of rotatable bonds is 8. The van der Waals surface area contributed by atoms with Gasteiger partial charge in [-0.05, 0) is 49.2 Å². The first-order valence-corrected chi connectivity index (χ1v) is 10.8. The molecule has 0 bridgehead atoms. The van der Waals surface area contributed by atoms with Crippen LogP contribution >= 0.6 is 0 Å². The molecule has 0 aliphatic heterocycles. The van der Waals surface area contributed by atoms with Gasteiger partial charge in [0.15, 0.2) is 0 Å². The molecule has 28 heavy (non-hydrogen) atoms. The van der Waals surface area contributed by atoms with E-state index in [2.05, 4.69) is 12.1 Å². The highest BCUT2D eigenvalue weighted by atomic mass is 32.2. The van der Waals surface area contributed by atoms with Crippen molar-refractivity contribution in [3.63, 3.8) is 0 Å². The Morgan fingerprint density at radius 1 is 0.893 bits per heavy atom. The lowest BCUT2D eigenvalue weighted by atomic mass is 10.2. The van der Waals surface area contributed by atoms with Crippen molar-refractivity contribution in [3.8, 4) is 5.75 Å². The number of ether oxygens (including phenoxy) is 1. The molecule has 0 aromatic heterocycles. The molecule has 0 spiro atoms. The third kappa shape index (κ3) is 4.73. The van der Waals surface area contributed by atoms with Gasteiger partial charge in [-0.3, -0.25) is 4.31 Å². The van der Waals surface area contributed by atoms with E-state index in [9.17, 15) is 8.42 Å². The van der Waals surface area contributed by atoms with E-state index in [0.717, 1.165) is 12.0 Å². The van der Waals surface area contributed by atoms with Gasteiger partial charge in [-0.15, -0.1) is 0 Å². The summed E-state index contributed by atoms with van der Waals surface area (Å²) in [5.74, 6) is 0.659. The minimum absolute atomic E-state index is 0.296. The van der Waals surface area contributed by atoms with Crippen LogP contribution in [0.15, 0.2) is 83.8 Å². The second-order valence-electron chi connectivity index (χ2n) is 6.57. The van der Waals surface area contributed by atoms with E-state index in [4.69, 9.17) is 4.74 Å². The smallest absolute Gasteiger partial charge is 0.264 e. The van der Waals surface area contributed by atoms with Gasteiger partial charge in [0, 0.05) is 19.0 Å². The van der Waals surface area contributed by atoms with Gasteiger partial charge in [0.2, 0.25) is 0 Å². The highest BCUT2D eigenvalue weighted by molar-refractivity contribution is 7.92. The molecule has 0 fully saturated rings. The molecule has 3 aromatic carbocycles. The van der Waals surface area contributed by atoms with Crippen molar-refractivity contribution >= 4 is 15.7 Å². The van der Waals surface area contributed by atoms with Gasteiger partial charge in [0.05, 0.1) is 17.2 Å². The number of hydrogen-bond donors (Lipinski definition) is 0. The van der Waals surface area contributed by atoms with Gasteiger partial charge in [-0.1, -0.05) is 48.5 Å². The van der Waals surface area contributed by atoms with Crippen LogP contribution in [0.4, 0.5) is 5.69 Å². The summed E-state index contributed by atoms with van der Waals surface area (Å²) in [6.07, 6.45) is 0.796. The van der Waals surface area contributed by atoms with Crippen molar-refractivity contribution in [1.29, 1.82) is 0 Å². The molecule has 5 heteroatoms. The van der Waals surface area contributed by atoms with Crippen LogP contribution < -0.4 is 9.04 Å². The largest absolute Gasteiger partial charge is 0.493 e. The molecule has 0 unspecified atom stereocenters. The lowest BCUT2D eigenvalue weighted by molar-refractivity contribution is 0.322. The van der Waals surface area contributed by atoms with Crippen molar-refractivity contribution in [2.75, 3.05) is 17.5 Å². The molecule has 4 nitrogen and oxygen atoms in total. The lowest BCUT2D eigenvalue weighted by Gasteiger charge is -2.23. The van der Waals surface area contributed by atoms with Crippen molar-refractivity contribution in [3.05, 3.63) is 90.0 Å². The number of nitrogens with zero attached hydrogens (tertiary/aromatic N) is 1. The third-order valence-corrected chi connectivity index (χ3v) is 6.37. The quantitative estimate of drug-likeness (QED) is 0.549. The van der Waals surface area contributed by atoms with Crippen molar-refractivity contribution in [1.82, 2.24) is 0 Å². The van der Waals surface area contributed by atoms with E-state index in [-0.39, 0.29) is 0 Å².